The maximum absolute atomic E-state index is 14.2. The molecule has 4 rings (SSSR count). The van der Waals surface area contributed by atoms with Crippen LogP contribution in [0.15, 0.2) is 48.1 Å². The smallest absolute Gasteiger partial charge is 0.374 e. The number of nitriles is 1. The van der Waals surface area contributed by atoms with Crippen molar-refractivity contribution in [3.05, 3.63) is 74.7 Å². The Hall–Kier alpha value is -2.80. The Morgan fingerprint density at radius 2 is 1.84 bits per heavy atom. The van der Waals surface area contributed by atoms with Gasteiger partial charge in [-0.05, 0) is 24.3 Å². The van der Waals surface area contributed by atoms with Crippen molar-refractivity contribution < 1.29 is 18.0 Å². The number of benzene rings is 2. The van der Waals surface area contributed by atoms with Crippen LogP contribution in [0.25, 0.3) is 5.69 Å². The molecule has 0 bridgehead atoms. The monoisotopic (exact) mass is 485 g/mol. The number of rotatable bonds is 3. The molecule has 0 spiro atoms. The number of aromatic nitrogens is 3. The van der Waals surface area contributed by atoms with E-state index in [1.807, 2.05) is 6.07 Å². The van der Waals surface area contributed by atoms with Crippen LogP contribution in [0.2, 0.25) is 15.1 Å². The Labute approximate surface area is 188 Å². The predicted octanol–water partition coefficient (Wildman–Crippen LogP) is 5.68. The normalized spacial score (nSPS) is 18.4. The van der Waals surface area contributed by atoms with Crippen LogP contribution in [0.5, 0.6) is 0 Å². The zero-order chi connectivity index (χ0) is 22.4. The first kappa shape index (κ1) is 21.4. The summed E-state index contributed by atoms with van der Waals surface area (Å²) in [5.41, 5.74) is -2.26. The summed E-state index contributed by atoms with van der Waals surface area (Å²) in [6.07, 6.45) is -2.81. The summed E-state index contributed by atoms with van der Waals surface area (Å²) in [4.78, 5) is 8.79. The Morgan fingerprint density at radius 1 is 1.13 bits per heavy atom. The molecule has 0 amide bonds. The summed E-state index contributed by atoms with van der Waals surface area (Å²) in [6.45, 7) is 0. The Bertz CT molecular complexity index is 1210. The molecule has 31 heavy (non-hydrogen) atoms. The van der Waals surface area contributed by atoms with Crippen LogP contribution in [-0.2, 0) is 10.4 Å². The zero-order valence-electron chi connectivity index (χ0n) is 15.2. The summed E-state index contributed by atoms with van der Waals surface area (Å²) in [7, 11) is 0. The quantitative estimate of drug-likeness (QED) is 0.446. The SMILES string of the molecule is N#Cc1cc(C2=NOC(c3cc(Cl)c(Cl)c(Cl)c3)(C(F)(F)F)C2)ccc1-n1cncn1. The summed E-state index contributed by atoms with van der Waals surface area (Å²) in [5, 5.41) is 16.8. The van der Waals surface area contributed by atoms with E-state index < -0.39 is 18.2 Å². The van der Waals surface area contributed by atoms with Gasteiger partial charge in [-0.2, -0.15) is 23.5 Å². The van der Waals surface area contributed by atoms with Crippen molar-refractivity contribution in [2.75, 3.05) is 0 Å². The Balaban J connectivity index is 1.75. The molecule has 2 aromatic carbocycles. The van der Waals surface area contributed by atoms with E-state index in [9.17, 15) is 18.4 Å². The minimum Gasteiger partial charge on any atom is -0.374 e. The Morgan fingerprint density at radius 3 is 2.42 bits per heavy atom. The second kappa shape index (κ2) is 7.71. The van der Waals surface area contributed by atoms with Crippen molar-refractivity contribution in [3.8, 4) is 11.8 Å². The average Bonchev–Trinajstić information content (AvgIpc) is 3.41. The molecule has 0 saturated carbocycles. The third-order valence-corrected chi connectivity index (χ3v) is 5.95. The first-order valence-electron chi connectivity index (χ1n) is 8.52. The molecular formula is C19H9Cl3F3N5O. The van der Waals surface area contributed by atoms with Gasteiger partial charge in [-0.1, -0.05) is 46.0 Å². The highest BCUT2D eigenvalue weighted by Crippen LogP contribution is 2.50. The minimum absolute atomic E-state index is 0.00107. The molecule has 1 unspecified atom stereocenters. The lowest BCUT2D eigenvalue weighted by Crippen LogP contribution is -2.42. The third-order valence-electron chi connectivity index (χ3n) is 4.75. The van der Waals surface area contributed by atoms with E-state index >= 15 is 0 Å². The molecule has 12 heteroatoms. The van der Waals surface area contributed by atoms with Gasteiger partial charge in [0, 0.05) is 17.5 Å². The second-order valence-corrected chi connectivity index (χ2v) is 7.76. The molecule has 1 aliphatic heterocycles. The van der Waals surface area contributed by atoms with Crippen molar-refractivity contribution >= 4 is 40.5 Å². The Kier molecular flexibility index (Phi) is 5.33. The predicted molar refractivity (Wildman–Crippen MR) is 108 cm³/mol. The number of hydrogen-bond acceptors (Lipinski definition) is 5. The maximum atomic E-state index is 14.2. The van der Waals surface area contributed by atoms with Crippen molar-refractivity contribution in [3.63, 3.8) is 0 Å². The fourth-order valence-corrected chi connectivity index (χ4v) is 3.78. The van der Waals surface area contributed by atoms with Gasteiger partial charge in [-0.15, -0.1) is 0 Å². The minimum atomic E-state index is -4.85. The second-order valence-electron chi connectivity index (χ2n) is 6.57. The van der Waals surface area contributed by atoms with Gasteiger partial charge in [-0.25, -0.2) is 9.67 Å². The van der Waals surface area contributed by atoms with Crippen LogP contribution in [-0.4, -0.2) is 26.7 Å². The maximum Gasteiger partial charge on any atom is 0.435 e. The summed E-state index contributed by atoms with van der Waals surface area (Å²) >= 11 is 17.8. The van der Waals surface area contributed by atoms with Crippen LogP contribution in [0.1, 0.15) is 23.1 Å². The highest BCUT2D eigenvalue weighted by Gasteiger charge is 2.62. The van der Waals surface area contributed by atoms with Gasteiger partial charge in [0.15, 0.2) is 0 Å². The van der Waals surface area contributed by atoms with E-state index in [-0.39, 0.29) is 37.5 Å². The summed E-state index contributed by atoms with van der Waals surface area (Å²) in [6, 6.07) is 8.57. The van der Waals surface area contributed by atoms with Gasteiger partial charge in [0.1, 0.15) is 18.7 Å². The molecule has 3 aromatic rings. The lowest BCUT2D eigenvalue weighted by molar-refractivity contribution is -0.275. The topological polar surface area (TPSA) is 76.1 Å². The largest absolute Gasteiger partial charge is 0.435 e. The van der Waals surface area contributed by atoms with Gasteiger partial charge >= 0.3 is 6.18 Å². The lowest BCUT2D eigenvalue weighted by Gasteiger charge is -2.30. The molecule has 2 heterocycles. The van der Waals surface area contributed by atoms with Gasteiger partial charge in [0.25, 0.3) is 5.60 Å². The van der Waals surface area contributed by atoms with E-state index in [2.05, 4.69) is 15.2 Å². The highest BCUT2D eigenvalue weighted by molar-refractivity contribution is 6.48. The highest BCUT2D eigenvalue weighted by atomic mass is 35.5. The van der Waals surface area contributed by atoms with Crippen molar-refractivity contribution in [1.82, 2.24) is 14.8 Å². The molecular weight excluding hydrogens is 478 g/mol. The molecule has 0 fully saturated rings. The number of oxime groups is 1. The van der Waals surface area contributed by atoms with Crippen molar-refractivity contribution in [2.24, 2.45) is 5.16 Å². The molecule has 6 nitrogen and oxygen atoms in total. The van der Waals surface area contributed by atoms with Crippen LogP contribution in [0.4, 0.5) is 13.2 Å². The van der Waals surface area contributed by atoms with E-state index in [0.29, 0.717) is 5.69 Å². The van der Waals surface area contributed by atoms with Crippen LogP contribution >= 0.6 is 34.8 Å². The van der Waals surface area contributed by atoms with E-state index in [1.165, 1.54) is 35.5 Å². The van der Waals surface area contributed by atoms with Gasteiger partial charge < -0.3 is 4.84 Å². The molecule has 1 aliphatic rings. The standard InChI is InChI=1S/C19H9Cl3F3N5O/c20-13-4-12(5-14(21)17(13)22)18(19(23,24)25)6-15(29-31-18)10-1-2-16(11(3-10)7-26)30-9-27-8-28-30/h1-5,8-9H,6H2. The number of halogens is 6. The first-order chi connectivity index (χ1) is 14.7. The number of hydrogen-bond donors (Lipinski definition) is 0. The molecule has 158 valence electrons. The molecule has 1 atom stereocenters. The molecule has 0 N–H and O–H groups in total. The average molecular weight is 487 g/mol. The molecule has 0 radical (unpaired) electrons. The van der Waals surface area contributed by atoms with Crippen molar-refractivity contribution in [1.29, 1.82) is 5.26 Å². The number of alkyl halides is 3. The molecule has 1 aromatic heterocycles. The van der Waals surface area contributed by atoms with Crippen LogP contribution < -0.4 is 0 Å². The summed E-state index contributed by atoms with van der Waals surface area (Å²) in [5.74, 6) is 0. The molecule has 0 saturated heterocycles. The van der Waals surface area contributed by atoms with Crippen LogP contribution in [0, 0.1) is 11.3 Å². The first-order valence-corrected chi connectivity index (χ1v) is 9.66. The van der Waals surface area contributed by atoms with Gasteiger partial charge in [0.05, 0.1) is 32.0 Å². The fraction of sp³-hybridized carbons (Fsp3) is 0.158. The number of nitrogens with zero attached hydrogens (tertiary/aromatic N) is 5. The van der Waals surface area contributed by atoms with E-state index in [0.717, 1.165) is 12.1 Å². The van der Waals surface area contributed by atoms with Crippen LogP contribution in [0.3, 0.4) is 0 Å². The van der Waals surface area contributed by atoms with Gasteiger partial charge in [0.2, 0.25) is 0 Å². The van der Waals surface area contributed by atoms with E-state index in [4.69, 9.17) is 39.6 Å². The molecule has 0 aliphatic carbocycles. The lowest BCUT2D eigenvalue weighted by atomic mass is 9.86. The third kappa shape index (κ3) is 3.61. The zero-order valence-corrected chi connectivity index (χ0v) is 17.4. The summed E-state index contributed by atoms with van der Waals surface area (Å²) < 4.78 is 43.9. The van der Waals surface area contributed by atoms with Gasteiger partial charge in [-0.3, -0.25) is 0 Å². The van der Waals surface area contributed by atoms with E-state index in [1.54, 1.807) is 0 Å². The van der Waals surface area contributed by atoms with Crippen molar-refractivity contribution in [2.45, 2.75) is 18.2 Å². The fourth-order valence-electron chi connectivity index (χ4n) is 3.18.